The van der Waals surface area contributed by atoms with Crippen molar-refractivity contribution >= 4 is 28.3 Å². The van der Waals surface area contributed by atoms with E-state index in [0.29, 0.717) is 11.8 Å². The summed E-state index contributed by atoms with van der Waals surface area (Å²) >= 11 is 0. The Morgan fingerprint density at radius 1 is 1.08 bits per heavy atom. The topological polar surface area (TPSA) is 124 Å². The number of H-pyrrole nitrogens is 2. The summed E-state index contributed by atoms with van der Waals surface area (Å²) in [7, 11) is 0. The van der Waals surface area contributed by atoms with Gasteiger partial charge in [0.2, 0.25) is 11.8 Å². The fourth-order valence-corrected chi connectivity index (χ4v) is 4.39. The maximum Gasteiger partial charge on any atom is 0.272 e. The van der Waals surface area contributed by atoms with E-state index in [2.05, 4.69) is 20.8 Å². The van der Waals surface area contributed by atoms with Gasteiger partial charge in [0, 0.05) is 5.92 Å². The van der Waals surface area contributed by atoms with Crippen LogP contribution in [-0.2, 0) is 9.59 Å². The van der Waals surface area contributed by atoms with Crippen molar-refractivity contribution in [2.45, 2.75) is 25.7 Å². The monoisotopic (exact) mass is 356 g/mol. The molecular formula is C18H20N4O4. The van der Waals surface area contributed by atoms with Gasteiger partial charge in [-0.1, -0.05) is 12.5 Å². The third kappa shape index (κ3) is 2.91. The first-order valence-electron chi connectivity index (χ1n) is 8.84. The van der Waals surface area contributed by atoms with Crippen LogP contribution in [0.1, 0.15) is 25.7 Å². The molecule has 8 nitrogen and oxygen atoms in total. The van der Waals surface area contributed by atoms with Crippen LogP contribution in [-0.4, -0.2) is 28.6 Å². The van der Waals surface area contributed by atoms with Gasteiger partial charge in [-0.2, -0.15) is 0 Å². The minimum atomic E-state index is -0.499. The second-order valence-corrected chi connectivity index (χ2v) is 7.18. The van der Waals surface area contributed by atoms with Crippen molar-refractivity contribution in [3.63, 3.8) is 0 Å². The molecule has 0 spiro atoms. The van der Waals surface area contributed by atoms with Gasteiger partial charge in [-0.25, -0.2) is 0 Å². The number of carbonyl (C=O) groups excluding carboxylic acids is 2. The Bertz CT molecular complexity index is 993. The lowest BCUT2D eigenvalue weighted by molar-refractivity contribution is -0.128. The van der Waals surface area contributed by atoms with Gasteiger partial charge in [0.25, 0.3) is 11.1 Å². The number of anilines is 1. The molecule has 2 aromatic rings. The second-order valence-electron chi connectivity index (χ2n) is 7.18. The summed E-state index contributed by atoms with van der Waals surface area (Å²) in [5.41, 5.74) is -0.698. The Balaban J connectivity index is 1.43. The molecule has 2 saturated carbocycles. The minimum absolute atomic E-state index is 0.0144. The van der Waals surface area contributed by atoms with E-state index in [4.69, 9.17) is 0 Å². The first-order valence-corrected chi connectivity index (χ1v) is 8.84. The average molecular weight is 356 g/mol. The van der Waals surface area contributed by atoms with E-state index in [1.807, 2.05) is 0 Å². The van der Waals surface area contributed by atoms with Crippen molar-refractivity contribution in [1.82, 2.24) is 15.5 Å². The summed E-state index contributed by atoms with van der Waals surface area (Å²) in [5.74, 6) is 0.616. The molecule has 2 aliphatic carbocycles. The fraction of sp³-hybridized carbons (Fsp3) is 0.444. The van der Waals surface area contributed by atoms with Gasteiger partial charge >= 0.3 is 0 Å². The van der Waals surface area contributed by atoms with Crippen molar-refractivity contribution in [2.24, 2.45) is 17.8 Å². The quantitative estimate of drug-likeness (QED) is 0.644. The first-order chi connectivity index (χ1) is 12.5. The zero-order chi connectivity index (χ0) is 18.3. The average Bonchev–Trinajstić information content (AvgIpc) is 3.26. The largest absolute Gasteiger partial charge is 0.347 e. The number of amides is 2. The number of carbonyl (C=O) groups is 2. The van der Waals surface area contributed by atoms with Crippen molar-refractivity contribution in [1.29, 1.82) is 0 Å². The number of nitrogens with one attached hydrogen (secondary N) is 4. The minimum Gasteiger partial charge on any atom is -0.347 e. The molecule has 4 N–H and O–H groups in total. The number of hydrogen-bond donors (Lipinski definition) is 4. The van der Waals surface area contributed by atoms with Crippen LogP contribution in [0.2, 0.25) is 0 Å². The van der Waals surface area contributed by atoms with Crippen molar-refractivity contribution in [2.75, 3.05) is 11.9 Å². The highest BCUT2D eigenvalue weighted by atomic mass is 16.2. The lowest BCUT2D eigenvalue weighted by Crippen LogP contribution is -2.38. The van der Waals surface area contributed by atoms with Gasteiger partial charge in [-0.15, -0.1) is 0 Å². The van der Waals surface area contributed by atoms with Gasteiger partial charge in [-0.05, 0) is 43.2 Å². The van der Waals surface area contributed by atoms with Crippen LogP contribution in [0.15, 0.2) is 27.8 Å². The van der Waals surface area contributed by atoms with E-state index in [-0.39, 0.29) is 34.8 Å². The summed E-state index contributed by atoms with van der Waals surface area (Å²) < 4.78 is 0. The molecule has 8 heteroatoms. The van der Waals surface area contributed by atoms with E-state index in [0.717, 1.165) is 19.3 Å². The standard InChI is InChI=1S/C18H20N4O4/c23-14(8-19-16(24)12-7-9-4-5-10(12)6-9)20-13-3-1-2-11-15(13)18(26)22-21-17(11)25/h1-3,9-10,12H,4-8H2,(H,19,24)(H,20,23)(H,21,25)(H,22,26)/t9-,10-,12+/m0/s1. The van der Waals surface area contributed by atoms with Gasteiger partial charge in [0.05, 0.1) is 23.0 Å². The van der Waals surface area contributed by atoms with Gasteiger partial charge < -0.3 is 10.6 Å². The molecule has 26 heavy (non-hydrogen) atoms. The lowest BCUT2D eigenvalue weighted by Gasteiger charge is -2.20. The van der Waals surface area contributed by atoms with Crippen molar-refractivity contribution in [3.8, 4) is 0 Å². The second kappa shape index (κ2) is 6.44. The van der Waals surface area contributed by atoms with E-state index < -0.39 is 17.0 Å². The Kier molecular flexibility index (Phi) is 4.10. The number of fused-ring (bicyclic) bond motifs is 3. The highest BCUT2D eigenvalue weighted by Gasteiger charge is 2.42. The highest BCUT2D eigenvalue weighted by molar-refractivity contribution is 6.02. The molecule has 0 unspecified atom stereocenters. The number of aromatic nitrogens is 2. The molecule has 1 aromatic heterocycles. The molecule has 136 valence electrons. The molecule has 1 aromatic carbocycles. The van der Waals surface area contributed by atoms with Crippen LogP contribution in [0.5, 0.6) is 0 Å². The molecule has 0 radical (unpaired) electrons. The van der Waals surface area contributed by atoms with E-state index in [1.165, 1.54) is 12.5 Å². The molecule has 2 fully saturated rings. The van der Waals surface area contributed by atoms with Gasteiger partial charge in [0.15, 0.2) is 0 Å². The molecule has 0 saturated heterocycles. The van der Waals surface area contributed by atoms with Crippen LogP contribution in [0.25, 0.3) is 10.8 Å². The zero-order valence-electron chi connectivity index (χ0n) is 14.1. The first kappa shape index (κ1) is 16.6. The molecule has 1 heterocycles. The normalized spacial score (nSPS) is 23.9. The van der Waals surface area contributed by atoms with Crippen molar-refractivity contribution in [3.05, 3.63) is 38.9 Å². The number of hydrogen-bond acceptors (Lipinski definition) is 4. The number of aromatic amines is 2. The smallest absolute Gasteiger partial charge is 0.272 e. The molecule has 3 atom stereocenters. The summed E-state index contributed by atoms with van der Waals surface area (Å²) in [4.78, 5) is 48.3. The van der Waals surface area contributed by atoms with Crippen LogP contribution in [0, 0.1) is 17.8 Å². The maximum atomic E-state index is 12.3. The van der Waals surface area contributed by atoms with Crippen LogP contribution in [0.3, 0.4) is 0 Å². The Hall–Kier alpha value is -2.90. The summed E-state index contributed by atoms with van der Waals surface area (Å²) in [5, 5.41) is 10.1. The molecule has 2 amide bonds. The summed E-state index contributed by atoms with van der Waals surface area (Å²) in [6, 6.07) is 4.64. The number of benzene rings is 1. The Morgan fingerprint density at radius 3 is 2.62 bits per heavy atom. The fourth-order valence-electron chi connectivity index (χ4n) is 4.39. The number of rotatable bonds is 4. The van der Waals surface area contributed by atoms with E-state index >= 15 is 0 Å². The van der Waals surface area contributed by atoms with Gasteiger partial charge in [-0.3, -0.25) is 29.4 Å². The Labute approximate surface area is 148 Å². The molecule has 2 bridgehead atoms. The Morgan fingerprint density at radius 2 is 1.88 bits per heavy atom. The molecule has 4 rings (SSSR count). The predicted molar refractivity (Wildman–Crippen MR) is 95.8 cm³/mol. The molecular weight excluding hydrogens is 336 g/mol. The molecule has 0 aliphatic heterocycles. The van der Waals surface area contributed by atoms with Crippen LogP contribution < -0.4 is 21.8 Å². The SMILES string of the molecule is O=C(CNC(=O)[C@@H]1C[C@H]2CC[C@H]1C2)Nc1cccc2c(=O)[nH][nH]c(=O)c12. The lowest BCUT2D eigenvalue weighted by atomic mass is 9.88. The summed E-state index contributed by atoms with van der Waals surface area (Å²) in [6.45, 7) is -0.162. The third-order valence-electron chi connectivity index (χ3n) is 5.60. The molecule has 2 aliphatic rings. The van der Waals surface area contributed by atoms with E-state index in [9.17, 15) is 19.2 Å². The summed E-state index contributed by atoms with van der Waals surface area (Å²) in [6.07, 6.45) is 4.35. The van der Waals surface area contributed by atoms with Crippen LogP contribution >= 0.6 is 0 Å². The van der Waals surface area contributed by atoms with Crippen molar-refractivity contribution < 1.29 is 9.59 Å². The van der Waals surface area contributed by atoms with Crippen LogP contribution in [0.4, 0.5) is 5.69 Å². The maximum absolute atomic E-state index is 12.3. The highest BCUT2D eigenvalue weighted by Crippen LogP contribution is 2.48. The third-order valence-corrected chi connectivity index (χ3v) is 5.60. The predicted octanol–water partition coefficient (Wildman–Crippen LogP) is 0.707. The van der Waals surface area contributed by atoms with E-state index in [1.54, 1.807) is 12.1 Å². The zero-order valence-corrected chi connectivity index (χ0v) is 14.1. The van der Waals surface area contributed by atoms with Gasteiger partial charge in [0.1, 0.15) is 0 Å².